The first-order valence-electron chi connectivity index (χ1n) is 6.84. The fraction of sp³-hybridized carbons (Fsp3) is 0.533. The van der Waals surface area contributed by atoms with E-state index in [0.717, 1.165) is 12.8 Å². The van der Waals surface area contributed by atoms with Crippen molar-refractivity contribution in [1.29, 1.82) is 0 Å². The van der Waals surface area contributed by atoms with Gasteiger partial charge in [0, 0.05) is 6.54 Å². The Balaban J connectivity index is 1.67. The first kappa shape index (κ1) is 13.9. The number of aliphatic hydroxyl groups is 1. The van der Waals surface area contributed by atoms with Gasteiger partial charge in [0.05, 0.1) is 6.10 Å². The lowest BCUT2D eigenvalue weighted by Crippen LogP contribution is -2.37. The molecule has 104 valence electrons. The lowest BCUT2D eigenvalue weighted by molar-refractivity contribution is -0.127. The highest BCUT2D eigenvalue weighted by molar-refractivity contribution is 5.80. The monoisotopic (exact) mass is 263 g/mol. The maximum Gasteiger partial charge on any atom is 0.260 e. The molecule has 1 aliphatic rings. The number of benzene rings is 1. The highest BCUT2D eigenvalue weighted by atomic mass is 16.5. The fourth-order valence-electron chi connectivity index (χ4n) is 1.96. The van der Waals surface area contributed by atoms with Crippen molar-refractivity contribution in [3.05, 3.63) is 30.3 Å². The summed E-state index contributed by atoms with van der Waals surface area (Å²) < 4.78 is 5.52. The first-order valence-corrected chi connectivity index (χ1v) is 6.84. The smallest absolute Gasteiger partial charge is 0.260 e. The Morgan fingerprint density at radius 2 is 2.11 bits per heavy atom. The largest absolute Gasteiger partial charge is 0.481 e. The van der Waals surface area contributed by atoms with Gasteiger partial charge in [-0.15, -0.1) is 0 Å². The van der Waals surface area contributed by atoms with Crippen molar-refractivity contribution in [3.63, 3.8) is 0 Å². The summed E-state index contributed by atoms with van der Waals surface area (Å²) in [5, 5.41) is 12.5. The molecule has 4 heteroatoms. The summed E-state index contributed by atoms with van der Waals surface area (Å²) in [6.07, 6.45) is 2.05. The Labute approximate surface area is 113 Å². The minimum absolute atomic E-state index is 0.146. The average Bonchev–Trinajstić information content (AvgIpc) is 3.24. The molecule has 2 N–H and O–H groups in total. The number of ether oxygens (including phenoxy) is 1. The van der Waals surface area contributed by atoms with Gasteiger partial charge < -0.3 is 15.2 Å². The molecule has 2 unspecified atom stereocenters. The Bertz CT molecular complexity index is 403. The predicted molar refractivity (Wildman–Crippen MR) is 72.9 cm³/mol. The zero-order valence-corrected chi connectivity index (χ0v) is 11.2. The van der Waals surface area contributed by atoms with Gasteiger partial charge in [0.25, 0.3) is 5.91 Å². The lowest BCUT2D eigenvalue weighted by Gasteiger charge is -2.15. The molecule has 1 amide bonds. The molecular formula is C15H21NO3. The number of hydrogen-bond acceptors (Lipinski definition) is 3. The Hall–Kier alpha value is -1.55. The van der Waals surface area contributed by atoms with E-state index in [-0.39, 0.29) is 12.0 Å². The molecule has 0 aromatic heterocycles. The van der Waals surface area contributed by atoms with Crippen molar-refractivity contribution < 1.29 is 14.6 Å². The van der Waals surface area contributed by atoms with E-state index in [9.17, 15) is 9.90 Å². The number of nitrogens with one attached hydrogen (secondary N) is 1. The van der Waals surface area contributed by atoms with Crippen molar-refractivity contribution in [2.75, 3.05) is 6.54 Å². The van der Waals surface area contributed by atoms with Crippen LogP contribution in [0, 0.1) is 5.92 Å². The number of carbonyl (C=O) groups is 1. The molecule has 2 rings (SSSR count). The van der Waals surface area contributed by atoms with Crippen molar-refractivity contribution in [3.8, 4) is 5.75 Å². The first-order chi connectivity index (χ1) is 9.16. The molecule has 0 saturated heterocycles. The van der Waals surface area contributed by atoms with Gasteiger partial charge in [-0.05, 0) is 44.2 Å². The topological polar surface area (TPSA) is 58.6 Å². The summed E-state index contributed by atoms with van der Waals surface area (Å²) in [6.45, 7) is 2.22. The molecule has 1 fully saturated rings. The normalized spacial score (nSPS) is 17.6. The SMILES string of the molecule is CC(Oc1ccccc1)C(=O)NCCC(O)C1CC1. The zero-order chi connectivity index (χ0) is 13.7. The zero-order valence-electron chi connectivity index (χ0n) is 11.2. The highest BCUT2D eigenvalue weighted by Gasteiger charge is 2.29. The molecule has 1 aromatic rings. The molecule has 1 aliphatic carbocycles. The van der Waals surface area contributed by atoms with Crippen LogP contribution in [-0.2, 0) is 4.79 Å². The van der Waals surface area contributed by atoms with E-state index < -0.39 is 6.10 Å². The quantitative estimate of drug-likeness (QED) is 0.787. The van der Waals surface area contributed by atoms with Crippen LogP contribution in [0.2, 0.25) is 0 Å². The standard InChI is InChI=1S/C15H21NO3/c1-11(19-13-5-3-2-4-6-13)15(18)16-10-9-14(17)12-7-8-12/h2-6,11-12,14,17H,7-10H2,1H3,(H,16,18). The van der Waals surface area contributed by atoms with Crippen LogP contribution in [0.1, 0.15) is 26.2 Å². The molecule has 2 atom stereocenters. The van der Waals surface area contributed by atoms with Crippen LogP contribution in [0.4, 0.5) is 0 Å². The van der Waals surface area contributed by atoms with Crippen molar-refractivity contribution >= 4 is 5.91 Å². The third kappa shape index (κ3) is 4.56. The van der Waals surface area contributed by atoms with Gasteiger partial charge in [-0.2, -0.15) is 0 Å². The Morgan fingerprint density at radius 3 is 2.74 bits per heavy atom. The maximum atomic E-state index is 11.8. The van der Waals surface area contributed by atoms with Gasteiger partial charge >= 0.3 is 0 Å². The van der Waals surface area contributed by atoms with Gasteiger partial charge in [-0.3, -0.25) is 4.79 Å². The summed E-state index contributed by atoms with van der Waals surface area (Å²) >= 11 is 0. The van der Waals surface area contributed by atoms with E-state index in [1.54, 1.807) is 6.92 Å². The summed E-state index contributed by atoms with van der Waals surface area (Å²) in [7, 11) is 0. The lowest BCUT2D eigenvalue weighted by atomic mass is 10.1. The number of rotatable bonds is 7. The van der Waals surface area contributed by atoms with E-state index in [2.05, 4.69) is 5.32 Å². The van der Waals surface area contributed by atoms with E-state index >= 15 is 0 Å². The second kappa shape index (κ2) is 6.57. The molecular weight excluding hydrogens is 242 g/mol. The van der Waals surface area contributed by atoms with Crippen LogP contribution in [0.3, 0.4) is 0 Å². The molecule has 0 heterocycles. The fourth-order valence-corrected chi connectivity index (χ4v) is 1.96. The third-order valence-corrected chi connectivity index (χ3v) is 3.33. The molecule has 1 aromatic carbocycles. The number of carbonyl (C=O) groups excluding carboxylic acids is 1. The second-order valence-electron chi connectivity index (χ2n) is 5.06. The number of hydrogen-bond donors (Lipinski definition) is 2. The minimum Gasteiger partial charge on any atom is -0.481 e. The molecule has 4 nitrogen and oxygen atoms in total. The van der Waals surface area contributed by atoms with E-state index in [1.165, 1.54) is 0 Å². The molecule has 0 spiro atoms. The summed E-state index contributed by atoms with van der Waals surface area (Å²) in [5.74, 6) is 0.991. The van der Waals surface area contributed by atoms with Gasteiger partial charge in [0.15, 0.2) is 6.10 Å². The molecule has 0 radical (unpaired) electrons. The molecule has 0 bridgehead atoms. The highest BCUT2D eigenvalue weighted by Crippen LogP contribution is 2.33. The summed E-state index contributed by atoms with van der Waals surface area (Å²) in [6, 6.07) is 9.27. The van der Waals surface area contributed by atoms with E-state index in [1.807, 2.05) is 30.3 Å². The number of para-hydroxylation sites is 1. The molecule has 0 aliphatic heterocycles. The average molecular weight is 263 g/mol. The van der Waals surface area contributed by atoms with Crippen molar-refractivity contribution in [1.82, 2.24) is 5.32 Å². The molecule has 1 saturated carbocycles. The summed E-state index contributed by atoms with van der Waals surface area (Å²) in [4.78, 5) is 11.8. The predicted octanol–water partition coefficient (Wildman–Crippen LogP) is 1.73. The van der Waals surface area contributed by atoms with Crippen LogP contribution in [0.5, 0.6) is 5.75 Å². The van der Waals surface area contributed by atoms with Crippen molar-refractivity contribution in [2.24, 2.45) is 5.92 Å². The van der Waals surface area contributed by atoms with Crippen LogP contribution in [-0.4, -0.2) is 29.8 Å². The maximum absolute atomic E-state index is 11.8. The number of aliphatic hydroxyl groups excluding tert-OH is 1. The van der Waals surface area contributed by atoms with Crippen LogP contribution >= 0.6 is 0 Å². The van der Waals surface area contributed by atoms with Crippen molar-refractivity contribution in [2.45, 2.75) is 38.4 Å². The van der Waals surface area contributed by atoms with Gasteiger partial charge in [0.2, 0.25) is 0 Å². The second-order valence-corrected chi connectivity index (χ2v) is 5.06. The Morgan fingerprint density at radius 1 is 1.42 bits per heavy atom. The van der Waals surface area contributed by atoms with Crippen LogP contribution in [0.15, 0.2) is 30.3 Å². The van der Waals surface area contributed by atoms with Gasteiger partial charge in [0.1, 0.15) is 5.75 Å². The van der Waals surface area contributed by atoms with Gasteiger partial charge in [-0.25, -0.2) is 0 Å². The Kier molecular flexibility index (Phi) is 4.80. The van der Waals surface area contributed by atoms with Crippen LogP contribution in [0.25, 0.3) is 0 Å². The third-order valence-electron chi connectivity index (χ3n) is 3.33. The van der Waals surface area contributed by atoms with Gasteiger partial charge in [-0.1, -0.05) is 18.2 Å². The number of amides is 1. The molecule has 19 heavy (non-hydrogen) atoms. The van der Waals surface area contributed by atoms with E-state index in [0.29, 0.717) is 24.6 Å². The van der Waals surface area contributed by atoms with E-state index in [4.69, 9.17) is 4.74 Å². The van der Waals surface area contributed by atoms with Crippen LogP contribution < -0.4 is 10.1 Å². The minimum atomic E-state index is -0.527. The summed E-state index contributed by atoms with van der Waals surface area (Å²) in [5.41, 5.74) is 0.